The van der Waals surface area contributed by atoms with E-state index < -0.39 is 28.3 Å². The Kier molecular flexibility index (Phi) is 5.30. The van der Waals surface area contributed by atoms with Gasteiger partial charge in [0.1, 0.15) is 5.02 Å². The van der Waals surface area contributed by atoms with E-state index in [1.54, 1.807) is 0 Å². The van der Waals surface area contributed by atoms with Crippen LogP contribution in [0.2, 0.25) is 5.02 Å². The van der Waals surface area contributed by atoms with Crippen molar-refractivity contribution in [3.8, 4) is 0 Å². The van der Waals surface area contributed by atoms with Crippen LogP contribution >= 0.6 is 11.6 Å². The standard InChI is InChI=1S/C15H11ClN4O5/c16-11-6-5-10(7-12(11)20(24)25)19-15(23)14(22)18-9-3-1-8(2-4-9)13(17)21/h1-7H,(H2,17,21)(H,18,22)(H,19,23). The van der Waals surface area contributed by atoms with Crippen molar-refractivity contribution < 1.29 is 19.3 Å². The predicted octanol–water partition coefficient (Wildman–Crippen LogP) is 1.92. The maximum atomic E-state index is 11.9. The van der Waals surface area contributed by atoms with Gasteiger partial charge in [0.25, 0.3) is 5.69 Å². The van der Waals surface area contributed by atoms with Crippen molar-refractivity contribution in [2.75, 3.05) is 10.6 Å². The van der Waals surface area contributed by atoms with E-state index in [-0.39, 0.29) is 22.0 Å². The van der Waals surface area contributed by atoms with E-state index in [4.69, 9.17) is 17.3 Å². The first kappa shape index (κ1) is 17.9. The molecule has 0 spiro atoms. The van der Waals surface area contributed by atoms with Crippen molar-refractivity contribution in [3.05, 3.63) is 63.2 Å². The molecule has 3 amide bonds. The number of nitrogens with zero attached hydrogens (tertiary/aromatic N) is 1. The highest BCUT2D eigenvalue weighted by Gasteiger charge is 2.17. The number of benzene rings is 2. The van der Waals surface area contributed by atoms with Gasteiger partial charge in [-0.3, -0.25) is 24.5 Å². The maximum Gasteiger partial charge on any atom is 0.314 e. The number of hydrogen-bond donors (Lipinski definition) is 3. The zero-order valence-corrected chi connectivity index (χ0v) is 13.2. The molecule has 0 radical (unpaired) electrons. The third kappa shape index (κ3) is 4.52. The van der Waals surface area contributed by atoms with E-state index in [1.165, 1.54) is 36.4 Å². The number of nitrogens with one attached hydrogen (secondary N) is 2. The lowest BCUT2D eigenvalue weighted by molar-refractivity contribution is -0.384. The molecule has 0 bridgehead atoms. The van der Waals surface area contributed by atoms with Crippen molar-refractivity contribution in [3.63, 3.8) is 0 Å². The Balaban J connectivity index is 2.05. The summed E-state index contributed by atoms with van der Waals surface area (Å²) in [6, 6.07) is 9.17. The first-order valence-corrected chi connectivity index (χ1v) is 7.12. The molecule has 0 fully saturated rings. The fourth-order valence-corrected chi connectivity index (χ4v) is 2.01. The second-order valence-corrected chi connectivity index (χ2v) is 5.18. The molecule has 9 nitrogen and oxygen atoms in total. The molecule has 0 aromatic heterocycles. The lowest BCUT2D eigenvalue weighted by atomic mass is 10.2. The van der Waals surface area contributed by atoms with Gasteiger partial charge < -0.3 is 16.4 Å². The van der Waals surface area contributed by atoms with Gasteiger partial charge in [-0.1, -0.05) is 11.6 Å². The third-order valence-corrected chi connectivity index (χ3v) is 3.35. The number of carbonyl (C=O) groups is 3. The SMILES string of the molecule is NC(=O)c1ccc(NC(=O)C(=O)Nc2ccc(Cl)c([N+](=O)[O-])c2)cc1. The number of carbonyl (C=O) groups excluding carboxylic acids is 3. The molecule has 10 heteroatoms. The molecule has 0 aliphatic heterocycles. The monoisotopic (exact) mass is 362 g/mol. The van der Waals surface area contributed by atoms with Gasteiger partial charge in [-0.2, -0.15) is 0 Å². The fraction of sp³-hybridized carbons (Fsp3) is 0. The number of nitro benzene ring substituents is 1. The van der Waals surface area contributed by atoms with Crippen LogP contribution in [-0.4, -0.2) is 22.6 Å². The van der Waals surface area contributed by atoms with Gasteiger partial charge in [0.15, 0.2) is 0 Å². The van der Waals surface area contributed by atoms with E-state index >= 15 is 0 Å². The second-order valence-electron chi connectivity index (χ2n) is 4.77. The maximum absolute atomic E-state index is 11.9. The predicted molar refractivity (Wildman–Crippen MR) is 90.3 cm³/mol. The third-order valence-electron chi connectivity index (χ3n) is 3.03. The normalized spacial score (nSPS) is 9.96. The molecule has 2 rings (SSSR count). The fourth-order valence-electron chi connectivity index (χ4n) is 1.82. The molecule has 2 aromatic rings. The van der Waals surface area contributed by atoms with Gasteiger partial charge >= 0.3 is 11.8 Å². The molecule has 4 N–H and O–H groups in total. The number of rotatable bonds is 4. The average molecular weight is 363 g/mol. The van der Waals surface area contributed by atoms with Gasteiger partial charge in [0, 0.05) is 23.0 Å². The van der Waals surface area contributed by atoms with Crippen LogP contribution in [-0.2, 0) is 9.59 Å². The van der Waals surface area contributed by atoms with Crippen LogP contribution in [0.3, 0.4) is 0 Å². The van der Waals surface area contributed by atoms with Crippen LogP contribution in [0.15, 0.2) is 42.5 Å². The summed E-state index contributed by atoms with van der Waals surface area (Å²) < 4.78 is 0. The summed E-state index contributed by atoms with van der Waals surface area (Å²) in [6.07, 6.45) is 0. The number of nitro groups is 1. The number of anilines is 2. The molecule has 0 unspecified atom stereocenters. The van der Waals surface area contributed by atoms with Crippen molar-refractivity contribution in [1.29, 1.82) is 0 Å². The molecule has 128 valence electrons. The van der Waals surface area contributed by atoms with Crippen molar-refractivity contribution >= 4 is 46.4 Å². The number of halogens is 1. The summed E-state index contributed by atoms with van der Waals surface area (Å²) in [4.78, 5) is 44.8. The van der Waals surface area contributed by atoms with Gasteiger partial charge in [-0.05, 0) is 36.4 Å². The van der Waals surface area contributed by atoms with Crippen molar-refractivity contribution in [2.24, 2.45) is 5.73 Å². The molecule has 2 aromatic carbocycles. The average Bonchev–Trinajstić information content (AvgIpc) is 2.56. The summed E-state index contributed by atoms with van der Waals surface area (Å²) in [5, 5.41) is 15.3. The summed E-state index contributed by atoms with van der Waals surface area (Å²) in [5.41, 5.74) is 5.25. The molecular weight excluding hydrogens is 352 g/mol. The first-order chi connectivity index (χ1) is 11.8. The number of primary amides is 1. The molecule has 0 aliphatic rings. The van der Waals surface area contributed by atoms with E-state index in [2.05, 4.69) is 10.6 Å². The van der Waals surface area contributed by atoms with Gasteiger partial charge in [-0.25, -0.2) is 0 Å². The largest absolute Gasteiger partial charge is 0.366 e. The van der Waals surface area contributed by atoms with E-state index in [9.17, 15) is 24.5 Å². The second kappa shape index (κ2) is 7.41. The Hall–Kier alpha value is -3.46. The highest BCUT2D eigenvalue weighted by Crippen LogP contribution is 2.27. The van der Waals surface area contributed by atoms with Crippen LogP contribution in [0.25, 0.3) is 0 Å². The number of nitrogens with two attached hydrogens (primary N) is 1. The van der Waals surface area contributed by atoms with Crippen LogP contribution in [0, 0.1) is 10.1 Å². The van der Waals surface area contributed by atoms with Crippen molar-refractivity contribution in [2.45, 2.75) is 0 Å². The molecule has 0 saturated carbocycles. The molecule has 0 heterocycles. The minimum absolute atomic E-state index is 0.0420. The Bertz CT molecular complexity index is 867. The van der Waals surface area contributed by atoms with E-state index in [1.807, 2.05) is 0 Å². The topological polar surface area (TPSA) is 144 Å². The highest BCUT2D eigenvalue weighted by atomic mass is 35.5. The van der Waals surface area contributed by atoms with Gasteiger partial charge in [0.05, 0.1) is 4.92 Å². The molecule has 0 aliphatic carbocycles. The van der Waals surface area contributed by atoms with Gasteiger partial charge in [0.2, 0.25) is 5.91 Å². The Morgan fingerprint density at radius 3 is 2.00 bits per heavy atom. The molecule has 25 heavy (non-hydrogen) atoms. The zero-order valence-electron chi connectivity index (χ0n) is 12.5. The van der Waals surface area contributed by atoms with Gasteiger partial charge in [-0.15, -0.1) is 0 Å². The number of amides is 3. The summed E-state index contributed by atoms with van der Waals surface area (Å²) in [5.74, 6) is -2.65. The summed E-state index contributed by atoms with van der Waals surface area (Å²) in [6.45, 7) is 0. The smallest absolute Gasteiger partial charge is 0.314 e. The lowest BCUT2D eigenvalue weighted by Gasteiger charge is -2.07. The Labute approximate surface area is 145 Å². The van der Waals surface area contributed by atoms with Crippen LogP contribution in [0.5, 0.6) is 0 Å². The minimum Gasteiger partial charge on any atom is -0.366 e. The lowest BCUT2D eigenvalue weighted by Crippen LogP contribution is -2.29. The van der Waals surface area contributed by atoms with Crippen LogP contribution in [0.1, 0.15) is 10.4 Å². The minimum atomic E-state index is -1.03. The number of hydrogen-bond acceptors (Lipinski definition) is 5. The van der Waals surface area contributed by atoms with E-state index in [0.29, 0.717) is 0 Å². The van der Waals surface area contributed by atoms with Crippen LogP contribution < -0.4 is 16.4 Å². The molecule has 0 atom stereocenters. The highest BCUT2D eigenvalue weighted by molar-refractivity contribution is 6.43. The Morgan fingerprint density at radius 1 is 0.960 bits per heavy atom. The van der Waals surface area contributed by atoms with E-state index in [0.717, 1.165) is 6.07 Å². The molecule has 0 saturated heterocycles. The quantitative estimate of drug-likeness (QED) is 0.432. The van der Waals surface area contributed by atoms with Crippen LogP contribution in [0.4, 0.5) is 17.1 Å². The summed E-state index contributed by atoms with van der Waals surface area (Å²) in [7, 11) is 0. The molecular formula is C15H11ClN4O5. The first-order valence-electron chi connectivity index (χ1n) is 6.74. The zero-order chi connectivity index (χ0) is 18.6. The summed E-state index contributed by atoms with van der Waals surface area (Å²) >= 11 is 5.67. The van der Waals surface area contributed by atoms with Crippen molar-refractivity contribution in [1.82, 2.24) is 0 Å². The Morgan fingerprint density at radius 2 is 1.48 bits per heavy atom.